The number of hydrogen-bond donors (Lipinski definition) is 0. The second kappa shape index (κ2) is 4.70. The van der Waals surface area contributed by atoms with E-state index in [-0.39, 0.29) is 11.7 Å². The van der Waals surface area contributed by atoms with E-state index in [0.29, 0.717) is 24.7 Å². The van der Waals surface area contributed by atoms with Gasteiger partial charge in [-0.2, -0.15) is 0 Å². The zero-order valence-corrected chi connectivity index (χ0v) is 11.3. The maximum absolute atomic E-state index is 11.7. The molecule has 2 aliphatic rings. The van der Waals surface area contributed by atoms with Crippen molar-refractivity contribution in [2.45, 2.75) is 6.92 Å². The Morgan fingerprint density at radius 2 is 2.05 bits per heavy atom. The van der Waals surface area contributed by atoms with E-state index < -0.39 is 0 Å². The number of nitrogens with zero attached hydrogens (tertiary/aromatic N) is 3. The van der Waals surface area contributed by atoms with Crippen molar-refractivity contribution in [1.82, 2.24) is 4.90 Å². The van der Waals surface area contributed by atoms with Crippen molar-refractivity contribution < 1.29 is 9.59 Å². The number of ketones is 1. The number of Topliss-reactive ketones (excluding diaryl/α,β-unsaturated/α-hetero) is 1. The zero-order chi connectivity index (χ0) is 13.4. The molecule has 0 spiro atoms. The predicted octanol–water partition coefficient (Wildman–Crippen LogP) is 1.56. The van der Waals surface area contributed by atoms with Gasteiger partial charge in [-0.3, -0.25) is 14.5 Å². The highest BCUT2D eigenvalue weighted by Gasteiger charge is 2.32. The molecule has 0 N–H and O–H groups in total. The van der Waals surface area contributed by atoms with E-state index in [9.17, 15) is 9.59 Å². The fourth-order valence-electron chi connectivity index (χ4n) is 2.09. The lowest BCUT2D eigenvalue weighted by Crippen LogP contribution is -2.45. The van der Waals surface area contributed by atoms with Crippen molar-refractivity contribution in [1.29, 1.82) is 0 Å². The van der Waals surface area contributed by atoms with E-state index in [4.69, 9.17) is 0 Å². The molecular weight excluding hydrogens is 262 g/mol. The summed E-state index contributed by atoms with van der Waals surface area (Å²) in [4.78, 5) is 31.0. The van der Waals surface area contributed by atoms with Gasteiger partial charge < -0.3 is 4.90 Å². The van der Waals surface area contributed by atoms with E-state index in [1.165, 1.54) is 11.8 Å². The highest BCUT2D eigenvalue weighted by molar-refractivity contribution is 8.15. The van der Waals surface area contributed by atoms with Gasteiger partial charge >= 0.3 is 0 Å². The number of hydrogen-bond acceptors (Lipinski definition) is 5. The lowest BCUT2D eigenvalue weighted by Gasteiger charge is -2.32. The van der Waals surface area contributed by atoms with Gasteiger partial charge in [0.2, 0.25) is 5.91 Å². The van der Waals surface area contributed by atoms with Crippen LogP contribution in [0.15, 0.2) is 29.3 Å². The first-order chi connectivity index (χ1) is 9.15. The van der Waals surface area contributed by atoms with Crippen molar-refractivity contribution in [3.8, 4) is 0 Å². The molecule has 0 unspecified atom stereocenters. The van der Waals surface area contributed by atoms with Gasteiger partial charge in [0.25, 0.3) is 0 Å². The monoisotopic (exact) mass is 275 g/mol. The summed E-state index contributed by atoms with van der Waals surface area (Å²) in [6.45, 7) is 2.63. The minimum Gasteiger partial charge on any atom is -0.334 e. The topological polar surface area (TPSA) is 53.0 Å². The molecule has 19 heavy (non-hydrogen) atoms. The molecule has 5 nitrogen and oxygen atoms in total. The molecule has 98 valence electrons. The van der Waals surface area contributed by atoms with Crippen molar-refractivity contribution in [3.05, 3.63) is 29.8 Å². The highest BCUT2D eigenvalue weighted by atomic mass is 32.2. The van der Waals surface area contributed by atoms with Gasteiger partial charge in [0, 0.05) is 11.3 Å². The molecule has 0 radical (unpaired) electrons. The van der Waals surface area contributed by atoms with Gasteiger partial charge in [0.15, 0.2) is 11.0 Å². The lowest BCUT2D eigenvalue weighted by atomic mass is 10.1. The number of anilines is 1. The lowest BCUT2D eigenvalue weighted by molar-refractivity contribution is -0.124. The van der Waals surface area contributed by atoms with Crippen LogP contribution < -0.4 is 4.90 Å². The van der Waals surface area contributed by atoms with Gasteiger partial charge in [0.05, 0.1) is 5.75 Å². The minimum atomic E-state index is 0.0524. The van der Waals surface area contributed by atoms with Gasteiger partial charge in [-0.15, -0.1) is 0 Å². The van der Waals surface area contributed by atoms with Gasteiger partial charge in [0.1, 0.15) is 13.3 Å². The van der Waals surface area contributed by atoms with Crippen LogP contribution in [0.4, 0.5) is 5.69 Å². The molecule has 1 aromatic rings. The summed E-state index contributed by atoms with van der Waals surface area (Å²) >= 11 is 1.49. The largest absolute Gasteiger partial charge is 0.334 e. The summed E-state index contributed by atoms with van der Waals surface area (Å²) < 4.78 is 0. The zero-order valence-electron chi connectivity index (χ0n) is 10.5. The highest BCUT2D eigenvalue weighted by Crippen LogP contribution is 2.25. The van der Waals surface area contributed by atoms with Crippen molar-refractivity contribution in [2.24, 2.45) is 4.99 Å². The van der Waals surface area contributed by atoms with Crippen LogP contribution >= 0.6 is 11.8 Å². The summed E-state index contributed by atoms with van der Waals surface area (Å²) in [6, 6.07) is 7.39. The summed E-state index contributed by atoms with van der Waals surface area (Å²) in [7, 11) is 0. The Balaban J connectivity index is 1.80. The number of carbonyl (C=O) groups excluding carboxylic acids is 2. The molecule has 1 amide bonds. The van der Waals surface area contributed by atoms with Crippen LogP contribution in [0.2, 0.25) is 0 Å². The second-order valence-corrected chi connectivity index (χ2v) is 5.42. The number of amidine groups is 1. The number of rotatable bonds is 2. The van der Waals surface area contributed by atoms with Crippen LogP contribution in [0.3, 0.4) is 0 Å². The smallest absolute Gasteiger partial charge is 0.240 e. The van der Waals surface area contributed by atoms with Gasteiger partial charge in [-0.25, -0.2) is 4.99 Å². The Bertz CT molecular complexity index is 568. The fourth-order valence-corrected chi connectivity index (χ4v) is 2.96. The van der Waals surface area contributed by atoms with E-state index in [2.05, 4.69) is 4.99 Å². The first-order valence-corrected chi connectivity index (χ1v) is 6.97. The average Bonchev–Trinajstić information content (AvgIpc) is 2.80. The van der Waals surface area contributed by atoms with Crippen molar-refractivity contribution in [2.75, 3.05) is 24.0 Å². The molecule has 0 bridgehead atoms. The second-order valence-electron chi connectivity index (χ2n) is 4.48. The van der Waals surface area contributed by atoms with Crippen molar-refractivity contribution in [3.63, 3.8) is 0 Å². The van der Waals surface area contributed by atoms with E-state index in [1.54, 1.807) is 24.0 Å². The Morgan fingerprint density at radius 3 is 2.74 bits per heavy atom. The third-order valence-electron chi connectivity index (χ3n) is 3.18. The van der Waals surface area contributed by atoms with Gasteiger partial charge in [-0.05, 0) is 31.2 Å². The number of benzene rings is 1. The van der Waals surface area contributed by atoms with Crippen molar-refractivity contribution >= 4 is 34.3 Å². The molecular formula is C13H13N3O2S. The molecule has 0 atom stereocenters. The molecule has 2 aliphatic heterocycles. The molecule has 0 aromatic heterocycles. The number of fused-ring (bicyclic) bond motifs is 1. The summed E-state index contributed by atoms with van der Waals surface area (Å²) in [5, 5.41) is 0.821. The summed E-state index contributed by atoms with van der Waals surface area (Å²) in [5.74, 6) is 0.640. The molecule has 2 heterocycles. The Morgan fingerprint density at radius 1 is 1.32 bits per heavy atom. The summed E-state index contributed by atoms with van der Waals surface area (Å²) in [5.41, 5.74) is 1.66. The Hall–Kier alpha value is -1.82. The average molecular weight is 275 g/mol. The number of thioether (sulfide) groups is 1. The number of aliphatic imine (C=N–C) groups is 1. The maximum Gasteiger partial charge on any atom is 0.240 e. The van der Waals surface area contributed by atoms with Crippen LogP contribution in [-0.4, -0.2) is 40.8 Å². The van der Waals surface area contributed by atoms with E-state index in [0.717, 1.165) is 10.9 Å². The number of amides is 1. The molecule has 0 saturated carbocycles. The molecule has 1 saturated heterocycles. The first-order valence-electron chi connectivity index (χ1n) is 5.99. The van der Waals surface area contributed by atoms with Crippen LogP contribution in [0.1, 0.15) is 17.3 Å². The quantitative estimate of drug-likeness (QED) is 0.769. The normalized spacial score (nSPS) is 18.4. The van der Waals surface area contributed by atoms with Gasteiger partial charge in [-0.1, -0.05) is 11.8 Å². The SMILES string of the molecule is CC(=O)c1ccc(N2CN=C3SCC(=O)N3C2)cc1. The molecule has 1 aromatic carbocycles. The summed E-state index contributed by atoms with van der Waals surface area (Å²) in [6.07, 6.45) is 0. The minimum absolute atomic E-state index is 0.0524. The standard InChI is InChI=1S/C13H13N3O2S/c1-9(17)10-2-4-11(5-3-10)15-7-14-13-16(8-15)12(18)6-19-13/h2-5H,6-8H2,1H3. The molecule has 3 rings (SSSR count). The van der Waals surface area contributed by atoms with Crippen LogP contribution in [0.5, 0.6) is 0 Å². The number of carbonyl (C=O) groups is 2. The molecule has 1 fully saturated rings. The van der Waals surface area contributed by atoms with Crippen LogP contribution in [0, 0.1) is 0 Å². The van der Waals surface area contributed by atoms with E-state index in [1.807, 2.05) is 17.0 Å². The predicted molar refractivity (Wildman–Crippen MR) is 75.4 cm³/mol. The third-order valence-corrected chi connectivity index (χ3v) is 4.18. The first kappa shape index (κ1) is 12.2. The van der Waals surface area contributed by atoms with Crippen LogP contribution in [-0.2, 0) is 4.79 Å². The maximum atomic E-state index is 11.7. The van der Waals surface area contributed by atoms with Crippen LogP contribution in [0.25, 0.3) is 0 Å². The molecule has 0 aliphatic carbocycles. The molecule has 6 heteroatoms. The van der Waals surface area contributed by atoms with E-state index >= 15 is 0 Å². The fraction of sp³-hybridized carbons (Fsp3) is 0.308. The third kappa shape index (κ3) is 2.23. The Kier molecular flexibility index (Phi) is 3.02. The Labute approximate surface area is 115 Å².